The SMILES string of the molecule is O=C(NC1CCN(C(=O)c2cnc(Cl)c(Cl)c2)CC1)c1ccccc1. The summed E-state index contributed by atoms with van der Waals surface area (Å²) in [6, 6.07) is 10.7. The van der Waals surface area contributed by atoms with Crippen LogP contribution in [0.1, 0.15) is 33.6 Å². The van der Waals surface area contributed by atoms with E-state index in [2.05, 4.69) is 10.3 Å². The maximum atomic E-state index is 12.5. The van der Waals surface area contributed by atoms with E-state index < -0.39 is 0 Å². The predicted octanol–water partition coefficient (Wildman–Crippen LogP) is 3.42. The number of benzene rings is 1. The van der Waals surface area contributed by atoms with Crippen LogP contribution in [0.5, 0.6) is 0 Å². The number of amides is 2. The standard InChI is InChI=1S/C18H17Cl2N3O2/c19-15-10-13(11-21-16(15)20)18(25)23-8-6-14(7-9-23)22-17(24)12-4-2-1-3-5-12/h1-5,10-11,14H,6-9H2,(H,22,24). The van der Waals surface area contributed by atoms with Gasteiger partial charge in [0.2, 0.25) is 0 Å². The summed E-state index contributed by atoms with van der Waals surface area (Å²) in [5, 5.41) is 3.47. The van der Waals surface area contributed by atoms with Crippen LogP contribution in [0.3, 0.4) is 0 Å². The number of rotatable bonds is 3. The number of pyridine rings is 1. The van der Waals surface area contributed by atoms with Crippen molar-refractivity contribution in [3.8, 4) is 0 Å². The molecule has 0 aliphatic carbocycles. The molecule has 1 saturated heterocycles. The molecule has 1 aromatic carbocycles. The minimum Gasteiger partial charge on any atom is -0.349 e. The molecule has 5 nitrogen and oxygen atoms in total. The molecule has 1 aromatic heterocycles. The van der Waals surface area contributed by atoms with Crippen molar-refractivity contribution in [1.82, 2.24) is 15.2 Å². The Morgan fingerprint density at radius 3 is 2.40 bits per heavy atom. The zero-order chi connectivity index (χ0) is 17.8. The van der Waals surface area contributed by atoms with Gasteiger partial charge in [0.05, 0.1) is 10.6 Å². The van der Waals surface area contributed by atoms with E-state index in [0.29, 0.717) is 37.1 Å². The monoisotopic (exact) mass is 377 g/mol. The van der Waals surface area contributed by atoms with Crippen LogP contribution in [0.4, 0.5) is 0 Å². The molecule has 0 saturated carbocycles. The maximum Gasteiger partial charge on any atom is 0.255 e. The lowest BCUT2D eigenvalue weighted by molar-refractivity contribution is 0.0697. The van der Waals surface area contributed by atoms with Gasteiger partial charge in [0.15, 0.2) is 0 Å². The van der Waals surface area contributed by atoms with E-state index in [1.807, 2.05) is 18.2 Å². The number of carbonyl (C=O) groups is 2. The molecule has 1 aliphatic rings. The third-order valence-electron chi connectivity index (χ3n) is 4.20. The summed E-state index contributed by atoms with van der Waals surface area (Å²) in [6.07, 6.45) is 2.85. The lowest BCUT2D eigenvalue weighted by atomic mass is 10.0. The number of halogens is 2. The quantitative estimate of drug-likeness (QED) is 0.833. The van der Waals surface area contributed by atoms with Gasteiger partial charge in [0.25, 0.3) is 11.8 Å². The molecule has 0 spiro atoms. The van der Waals surface area contributed by atoms with E-state index in [4.69, 9.17) is 23.2 Å². The normalized spacial score (nSPS) is 15.0. The van der Waals surface area contributed by atoms with E-state index >= 15 is 0 Å². The van der Waals surface area contributed by atoms with Crippen LogP contribution in [0, 0.1) is 0 Å². The minimum absolute atomic E-state index is 0.0590. The summed E-state index contributed by atoms with van der Waals surface area (Å²) in [5.74, 6) is -0.210. The molecular formula is C18H17Cl2N3O2. The third-order valence-corrected chi connectivity index (χ3v) is 4.88. The number of aromatic nitrogens is 1. The second-order valence-electron chi connectivity index (χ2n) is 5.90. The molecule has 2 aromatic rings. The fraction of sp³-hybridized carbons (Fsp3) is 0.278. The predicted molar refractivity (Wildman–Crippen MR) is 97.1 cm³/mol. The molecule has 0 atom stereocenters. The van der Waals surface area contributed by atoms with Crippen LogP contribution in [-0.2, 0) is 0 Å². The van der Waals surface area contributed by atoms with Crippen molar-refractivity contribution in [3.05, 3.63) is 63.9 Å². The Labute approximate surface area is 155 Å². The van der Waals surface area contributed by atoms with Gasteiger partial charge in [-0.1, -0.05) is 41.4 Å². The summed E-state index contributed by atoms with van der Waals surface area (Å²) in [6.45, 7) is 1.14. The first kappa shape index (κ1) is 17.7. The van der Waals surface area contributed by atoms with Gasteiger partial charge >= 0.3 is 0 Å². The van der Waals surface area contributed by atoms with Crippen LogP contribution < -0.4 is 5.32 Å². The third kappa shape index (κ3) is 4.30. The second-order valence-corrected chi connectivity index (χ2v) is 6.67. The summed E-state index contributed by atoms with van der Waals surface area (Å²) in [4.78, 5) is 30.4. The number of carbonyl (C=O) groups excluding carboxylic acids is 2. The molecule has 0 radical (unpaired) electrons. The molecule has 2 amide bonds. The van der Waals surface area contributed by atoms with Crippen molar-refractivity contribution >= 4 is 35.0 Å². The van der Waals surface area contributed by atoms with Gasteiger partial charge in [-0.2, -0.15) is 0 Å². The Kier molecular flexibility index (Phi) is 5.56. The van der Waals surface area contributed by atoms with Gasteiger partial charge in [-0.15, -0.1) is 0 Å². The zero-order valence-electron chi connectivity index (χ0n) is 13.4. The molecule has 3 rings (SSSR count). The minimum atomic E-state index is -0.126. The molecule has 0 bridgehead atoms. The molecule has 1 aliphatic heterocycles. The molecule has 2 heterocycles. The number of hydrogen-bond acceptors (Lipinski definition) is 3. The Morgan fingerprint density at radius 1 is 1.08 bits per heavy atom. The van der Waals surface area contributed by atoms with Crippen molar-refractivity contribution in [2.75, 3.05) is 13.1 Å². The van der Waals surface area contributed by atoms with E-state index in [1.54, 1.807) is 17.0 Å². The molecule has 130 valence electrons. The lowest BCUT2D eigenvalue weighted by Crippen LogP contribution is -2.46. The van der Waals surface area contributed by atoms with Crippen molar-refractivity contribution in [2.45, 2.75) is 18.9 Å². The van der Waals surface area contributed by atoms with E-state index in [9.17, 15) is 9.59 Å². The molecule has 0 unspecified atom stereocenters. The number of likely N-dealkylation sites (tertiary alicyclic amines) is 1. The molecule has 25 heavy (non-hydrogen) atoms. The Balaban J connectivity index is 1.55. The molecular weight excluding hydrogens is 361 g/mol. The van der Waals surface area contributed by atoms with Gasteiger partial charge in [-0.05, 0) is 31.0 Å². The smallest absolute Gasteiger partial charge is 0.255 e. The van der Waals surface area contributed by atoms with Crippen LogP contribution in [0.2, 0.25) is 10.2 Å². The van der Waals surface area contributed by atoms with Crippen molar-refractivity contribution in [1.29, 1.82) is 0 Å². The van der Waals surface area contributed by atoms with Crippen molar-refractivity contribution in [3.63, 3.8) is 0 Å². The van der Waals surface area contributed by atoms with E-state index in [-0.39, 0.29) is 28.0 Å². The Bertz CT molecular complexity index is 775. The highest BCUT2D eigenvalue weighted by atomic mass is 35.5. The van der Waals surface area contributed by atoms with Gasteiger partial charge < -0.3 is 10.2 Å². The van der Waals surface area contributed by atoms with E-state index in [0.717, 1.165) is 0 Å². The Morgan fingerprint density at radius 2 is 1.76 bits per heavy atom. The van der Waals surface area contributed by atoms with Gasteiger partial charge in [0.1, 0.15) is 5.15 Å². The number of nitrogens with zero attached hydrogens (tertiary/aromatic N) is 2. The molecule has 1 fully saturated rings. The maximum absolute atomic E-state index is 12.5. The van der Waals surface area contributed by atoms with Gasteiger partial charge in [-0.25, -0.2) is 4.98 Å². The van der Waals surface area contributed by atoms with Crippen LogP contribution in [0.15, 0.2) is 42.6 Å². The highest BCUT2D eigenvalue weighted by Gasteiger charge is 2.25. The topological polar surface area (TPSA) is 62.3 Å². The van der Waals surface area contributed by atoms with E-state index in [1.165, 1.54) is 12.3 Å². The average molecular weight is 378 g/mol. The first-order valence-electron chi connectivity index (χ1n) is 8.01. The zero-order valence-corrected chi connectivity index (χ0v) is 14.9. The summed E-state index contributed by atoms with van der Waals surface area (Å²) < 4.78 is 0. The Hall–Kier alpha value is -2.11. The van der Waals surface area contributed by atoms with Gasteiger partial charge in [0, 0.05) is 30.9 Å². The van der Waals surface area contributed by atoms with Gasteiger partial charge in [-0.3, -0.25) is 9.59 Å². The van der Waals surface area contributed by atoms with Crippen LogP contribution in [0.25, 0.3) is 0 Å². The van der Waals surface area contributed by atoms with Crippen LogP contribution >= 0.6 is 23.2 Å². The summed E-state index contributed by atoms with van der Waals surface area (Å²) >= 11 is 11.7. The highest BCUT2D eigenvalue weighted by Crippen LogP contribution is 2.21. The lowest BCUT2D eigenvalue weighted by Gasteiger charge is -2.32. The summed E-state index contributed by atoms with van der Waals surface area (Å²) in [7, 11) is 0. The number of hydrogen-bond donors (Lipinski definition) is 1. The first-order chi connectivity index (χ1) is 12.0. The molecule has 1 N–H and O–H groups in total. The van der Waals surface area contributed by atoms with Crippen molar-refractivity contribution in [2.24, 2.45) is 0 Å². The second kappa shape index (κ2) is 7.85. The molecule has 7 heteroatoms. The van der Waals surface area contributed by atoms with Crippen LogP contribution in [-0.4, -0.2) is 40.8 Å². The summed E-state index contributed by atoms with van der Waals surface area (Å²) in [5.41, 5.74) is 1.06. The largest absolute Gasteiger partial charge is 0.349 e. The highest BCUT2D eigenvalue weighted by molar-refractivity contribution is 6.41. The fourth-order valence-electron chi connectivity index (χ4n) is 2.81. The number of piperidine rings is 1. The van der Waals surface area contributed by atoms with Crippen molar-refractivity contribution < 1.29 is 9.59 Å². The first-order valence-corrected chi connectivity index (χ1v) is 8.76. The number of nitrogens with one attached hydrogen (secondary N) is 1. The average Bonchev–Trinajstić information content (AvgIpc) is 2.65. The fourth-order valence-corrected chi connectivity index (χ4v) is 3.08.